The number of fused-ring (bicyclic) bond motifs is 2. The molecule has 1 aromatic heterocycles. The first-order valence-corrected chi connectivity index (χ1v) is 8.71. The van der Waals surface area contributed by atoms with Crippen molar-refractivity contribution in [1.82, 2.24) is 14.8 Å². The minimum atomic E-state index is -0.533. The molecule has 2 aliphatic heterocycles. The predicted octanol–water partition coefficient (Wildman–Crippen LogP) is 1.67. The van der Waals surface area contributed by atoms with E-state index < -0.39 is 6.04 Å². The van der Waals surface area contributed by atoms with E-state index in [4.69, 9.17) is 0 Å². The molecule has 1 N–H and O–H groups in total. The van der Waals surface area contributed by atoms with Gasteiger partial charge in [-0.3, -0.25) is 14.4 Å². The van der Waals surface area contributed by atoms with Crippen LogP contribution in [0, 0.1) is 6.92 Å². The molecule has 2 aromatic rings. The van der Waals surface area contributed by atoms with E-state index in [1.165, 1.54) is 6.20 Å². The molecular weight excluding hydrogens is 318 g/mol. The molecule has 0 aliphatic carbocycles. The fourth-order valence-corrected chi connectivity index (χ4v) is 4.05. The van der Waals surface area contributed by atoms with Crippen LogP contribution in [0.1, 0.15) is 35.7 Å². The summed E-state index contributed by atoms with van der Waals surface area (Å²) in [5.74, 6) is -0.382. The van der Waals surface area contributed by atoms with E-state index in [0.717, 1.165) is 30.5 Å². The summed E-state index contributed by atoms with van der Waals surface area (Å²) in [7, 11) is 0. The minimum Gasteiger partial charge on any atom is -0.360 e. The van der Waals surface area contributed by atoms with E-state index in [-0.39, 0.29) is 28.8 Å². The van der Waals surface area contributed by atoms with Gasteiger partial charge in [-0.1, -0.05) is 12.1 Å². The van der Waals surface area contributed by atoms with E-state index >= 15 is 0 Å². The van der Waals surface area contributed by atoms with E-state index in [1.54, 1.807) is 17.9 Å². The van der Waals surface area contributed by atoms with Gasteiger partial charge in [-0.25, -0.2) is 0 Å². The standard InChI is InChI=1S/C19H21N3O3/c1-11-5-3-7-14-16(11)20-9-15(17(14)23)19(25)22-10-13-6-4-8-21(13)18(24)12(22)2/h3,5,7,9,12-13H,4,6,8,10H2,1-2H3,(H,20,23)/t12-,13-/m1/s1. The Morgan fingerprint density at radius 2 is 2.08 bits per heavy atom. The number of carbonyl (C=O) groups excluding carboxylic acids is 2. The normalized spacial score (nSPS) is 23.2. The Bertz CT molecular complexity index is 933. The van der Waals surface area contributed by atoms with Crippen LogP contribution in [0.25, 0.3) is 10.9 Å². The van der Waals surface area contributed by atoms with Crippen LogP contribution < -0.4 is 5.43 Å². The van der Waals surface area contributed by atoms with Crippen molar-refractivity contribution in [2.24, 2.45) is 0 Å². The molecule has 0 spiro atoms. The molecular formula is C19H21N3O3. The molecule has 4 rings (SSSR count). The Hall–Kier alpha value is -2.63. The summed E-state index contributed by atoms with van der Waals surface area (Å²) in [6.45, 7) is 4.93. The largest absolute Gasteiger partial charge is 0.360 e. The van der Waals surface area contributed by atoms with Gasteiger partial charge >= 0.3 is 0 Å². The monoisotopic (exact) mass is 339 g/mol. The molecule has 2 amide bonds. The summed E-state index contributed by atoms with van der Waals surface area (Å²) in [4.78, 5) is 44.9. The number of piperazine rings is 1. The number of aryl methyl sites for hydroxylation is 1. The van der Waals surface area contributed by atoms with Crippen molar-refractivity contribution < 1.29 is 9.59 Å². The zero-order valence-electron chi connectivity index (χ0n) is 14.4. The molecule has 6 heteroatoms. The van der Waals surface area contributed by atoms with Crippen molar-refractivity contribution in [3.8, 4) is 0 Å². The average Bonchev–Trinajstić information content (AvgIpc) is 3.07. The molecule has 1 aromatic carbocycles. The third kappa shape index (κ3) is 2.35. The lowest BCUT2D eigenvalue weighted by molar-refractivity contribution is -0.141. The number of nitrogens with zero attached hydrogens (tertiary/aromatic N) is 2. The van der Waals surface area contributed by atoms with Gasteiger partial charge in [0.2, 0.25) is 11.3 Å². The van der Waals surface area contributed by atoms with E-state index in [1.807, 2.05) is 24.0 Å². The Labute approximate surface area is 145 Å². The summed E-state index contributed by atoms with van der Waals surface area (Å²) in [6, 6.07) is 5.00. The highest BCUT2D eigenvalue weighted by Crippen LogP contribution is 2.26. The highest BCUT2D eigenvalue weighted by molar-refractivity contribution is 6.00. The number of pyridine rings is 1. The van der Waals surface area contributed by atoms with Gasteiger partial charge in [0.15, 0.2) is 0 Å². The molecule has 130 valence electrons. The second-order valence-electron chi connectivity index (χ2n) is 6.99. The Morgan fingerprint density at radius 3 is 2.88 bits per heavy atom. The van der Waals surface area contributed by atoms with Gasteiger partial charge in [0, 0.05) is 30.7 Å². The summed E-state index contributed by atoms with van der Waals surface area (Å²) in [6.07, 6.45) is 3.37. The van der Waals surface area contributed by atoms with Crippen LogP contribution in [0.2, 0.25) is 0 Å². The second kappa shape index (κ2) is 5.72. The fourth-order valence-electron chi connectivity index (χ4n) is 4.05. The minimum absolute atomic E-state index is 0.0184. The van der Waals surface area contributed by atoms with E-state index in [0.29, 0.717) is 11.9 Å². The van der Waals surface area contributed by atoms with Crippen molar-refractivity contribution in [1.29, 1.82) is 0 Å². The SMILES string of the molecule is Cc1cccc2c(=O)c(C(=O)N3C[C@H]4CCCN4C(=O)[C@H]3C)c[nH]c12. The van der Waals surface area contributed by atoms with Crippen LogP contribution in [-0.4, -0.2) is 51.8 Å². The summed E-state index contributed by atoms with van der Waals surface area (Å²) >= 11 is 0. The number of para-hydroxylation sites is 1. The Balaban J connectivity index is 1.74. The van der Waals surface area contributed by atoms with Gasteiger partial charge in [-0.15, -0.1) is 0 Å². The maximum Gasteiger partial charge on any atom is 0.260 e. The van der Waals surface area contributed by atoms with Gasteiger partial charge < -0.3 is 14.8 Å². The number of amides is 2. The molecule has 0 radical (unpaired) electrons. The molecule has 6 nitrogen and oxygen atoms in total. The van der Waals surface area contributed by atoms with Crippen LogP contribution in [0.4, 0.5) is 0 Å². The van der Waals surface area contributed by atoms with Crippen molar-refractivity contribution in [3.05, 3.63) is 45.7 Å². The maximum atomic E-state index is 13.0. The predicted molar refractivity (Wildman–Crippen MR) is 94.5 cm³/mol. The molecule has 2 aliphatic rings. The van der Waals surface area contributed by atoms with E-state index in [2.05, 4.69) is 4.98 Å². The van der Waals surface area contributed by atoms with Gasteiger partial charge in [-0.2, -0.15) is 0 Å². The lowest BCUT2D eigenvalue weighted by Crippen LogP contribution is -2.60. The Kier molecular flexibility index (Phi) is 3.63. The molecule has 3 heterocycles. The summed E-state index contributed by atoms with van der Waals surface area (Å²) in [5, 5.41) is 0.504. The first kappa shape index (κ1) is 15.9. The number of nitrogens with one attached hydrogen (secondary N) is 1. The molecule has 0 unspecified atom stereocenters. The third-order valence-electron chi connectivity index (χ3n) is 5.51. The van der Waals surface area contributed by atoms with Crippen LogP contribution in [0.3, 0.4) is 0 Å². The third-order valence-corrected chi connectivity index (χ3v) is 5.51. The first-order chi connectivity index (χ1) is 12.0. The molecule has 25 heavy (non-hydrogen) atoms. The maximum absolute atomic E-state index is 13.0. The van der Waals surface area contributed by atoms with Gasteiger partial charge in [0.25, 0.3) is 5.91 Å². The number of benzene rings is 1. The van der Waals surface area contributed by atoms with Crippen LogP contribution >= 0.6 is 0 Å². The van der Waals surface area contributed by atoms with Crippen molar-refractivity contribution >= 4 is 22.7 Å². The number of rotatable bonds is 1. The Morgan fingerprint density at radius 1 is 1.28 bits per heavy atom. The number of carbonyl (C=O) groups is 2. The lowest BCUT2D eigenvalue weighted by atomic mass is 10.0. The molecule has 0 bridgehead atoms. The van der Waals surface area contributed by atoms with Crippen LogP contribution in [0.15, 0.2) is 29.2 Å². The van der Waals surface area contributed by atoms with E-state index in [9.17, 15) is 14.4 Å². The average molecular weight is 339 g/mol. The second-order valence-corrected chi connectivity index (χ2v) is 6.99. The molecule has 0 saturated carbocycles. The quantitative estimate of drug-likeness (QED) is 0.859. The van der Waals surface area contributed by atoms with Crippen molar-refractivity contribution in [2.45, 2.75) is 38.8 Å². The number of H-pyrrole nitrogens is 1. The molecule has 2 atom stereocenters. The topological polar surface area (TPSA) is 73.5 Å². The van der Waals surface area contributed by atoms with Gasteiger partial charge in [0.1, 0.15) is 11.6 Å². The molecule has 2 saturated heterocycles. The lowest BCUT2D eigenvalue weighted by Gasteiger charge is -2.41. The number of aromatic nitrogens is 1. The highest BCUT2D eigenvalue weighted by atomic mass is 16.2. The number of aromatic amines is 1. The first-order valence-electron chi connectivity index (χ1n) is 8.71. The van der Waals surface area contributed by atoms with Crippen molar-refractivity contribution in [2.75, 3.05) is 13.1 Å². The smallest absolute Gasteiger partial charge is 0.260 e. The number of hydrogen-bond donors (Lipinski definition) is 1. The van der Waals surface area contributed by atoms with Gasteiger partial charge in [-0.05, 0) is 38.3 Å². The molecule has 2 fully saturated rings. The summed E-state index contributed by atoms with van der Waals surface area (Å²) < 4.78 is 0. The zero-order valence-corrected chi connectivity index (χ0v) is 14.4. The van der Waals surface area contributed by atoms with Crippen LogP contribution in [-0.2, 0) is 4.79 Å². The highest BCUT2D eigenvalue weighted by Gasteiger charge is 2.42. The van der Waals surface area contributed by atoms with Gasteiger partial charge in [0.05, 0.1) is 5.52 Å². The van der Waals surface area contributed by atoms with Crippen molar-refractivity contribution in [3.63, 3.8) is 0 Å². The number of hydrogen-bond acceptors (Lipinski definition) is 3. The summed E-state index contributed by atoms with van der Waals surface area (Å²) in [5.41, 5.74) is 1.52. The fraction of sp³-hybridized carbons (Fsp3) is 0.421. The van der Waals surface area contributed by atoms with Crippen LogP contribution in [0.5, 0.6) is 0 Å². The zero-order chi connectivity index (χ0) is 17.7.